The topological polar surface area (TPSA) is 39.7 Å². The van der Waals surface area contributed by atoms with Gasteiger partial charge in [0.1, 0.15) is 5.82 Å². The van der Waals surface area contributed by atoms with Crippen LogP contribution in [0, 0.1) is 0 Å². The fourth-order valence-electron chi connectivity index (χ4n) is 4.67. The van der Waals surface area contributed by atoms with Crippen LogP contribution in [0.25, 0.3) is 10.1 Å². The van der Waals surface area contributed by atoms with E-state index in [1.807, 2.05) is 7.05 Å². The Morgan fingerprint density at radius 2 is 1.90 bits per heavy atom. The number of fused-ring (bicyclic) bond motifs is 2. The van der Waals surface area contributed by atoms with Gasteiger partial charge in [-0.1, -0.05) is 31.2 Å². The number of hydrogen-bond acceptors (Lipinski definition) is 5. The molecule has 2 aromatic carbocycles. The van der Waals surface area contributed by atoms with Gasteiger partial charge in [-0.2, -0.15) is 4.37 Å². The predicted octanol–water partition coefficient (Wildman–Crippen LogP) is 4.13. The molecule has 0 bridgehead atoms. The van der Waals surface area contributed by atoms with Crippen LogP contribution in [0.1, 0.15) is 30.4 Å². The lowest BCUT2D eigenvalue weighted by Crippen LogP contribution is -2.47. The first-order chi connectivity index (χ1) is 14.6. The summed E-state index contributed by atoms with van der Waals surface area (Å²) in [4.78, 5) is 18.9. The maximum atomic E-state index is 12.1. The molecule has 3 aromatic rings. The van der Waals surface area contributed by atoms with E-state index >= 15 is 0 Å². The summed E-state index contributed by atoms with van der Waals surface area (Å²) in [6.45, 7) is 7.45. The molecule has 1 saturated heterocycles. The molecule has 1 aromatic heterocycles. The number of carbonyl (C=O) groups excluding carboxylic acids is 1. The van der Waals surface area contributed by atoms with Gasteiger partial charge in [0.15, 0.2) is 0 Å². The van der Waals surface area contributed by atoms with Crippen LogP contribution >= 0.6 is 11.5 Å². The fraction of sp³-hybridized carbons (Fsp3) is 0.417. The molecule has 1 unspecified atom stereocenters. The Hall–Kier alpha value is -2.44. The van der Waals surface area contributed by atoms with Gasteiger partial charge in [-0.25, -0.2) is 0 Å². The highest BCUT2D eigenvalue weighted by Crippen LogP contribution is 2.35. The Morgan fingerprint density at radius 1 is 1.10 bits per heavy atom. The van der Waals surface area contributed by atoms with Crippen molar-refractivity contribution >= 4 is 39.0 Å². The van der Waals surface area contributed by atoms with E-state index in [4.69, 9.17) is 4.37 Å². The Morgan fingerprint density at radius 3 is 2.73 bits per heavy atom. The molecule has 0 N–H and O–H groups in total. The van der Waals surface area contributed by atoms with Crippen LogP contribution in [0.4, 0.5) is 11.5 Å². The van der Waals surface area contributed by atoms with Crippen LogP contribution in [0.5, 0.6) is 0 Å². The normalized spacial score (nSPS) is 20.1. The lowest BCUT2D eigenvalue weighted by Gasteiger charge is -2.35. The van der Waals surface area contributed by atoms with Crippen LogP contribution in [-0.2, 0) is 11.2 Å². The molecular weight excluding hydrogens is 392 g/mol. The number of anilines is 2. The Balaban J connectivity index is 1.20. The van der Waals surface area contributed by atoms with Crippen molar-refractivity contribution in [3.8, 4) is 0 Å². The molecule has 156 valence electrons. The van der Waals surface area contributed by atoms with Gasteiger partial charge in [0, 0.05) is 57.3 Å². The van der Waals surface area contributed by atoms with E-state index in [0.717, 1.165) is 50.6 Å². The molecule has 6 heteroatoms. The largest absolute Gasteiger partial charge is 0.353 e. The molecule has 1 atom stereocenters. The molecular formula is C24H28N4OS. The summed E-state index contributed by atoms with van der Waals surface area (Å²) in [6, 6.07) is 15.2. The van der Waals surface area contributed by atoms with Crippen molar-refractivity contribution < 1.29 is 4.79 Å². The molecule has 3 heterocycles. The molecule has 1 amide bonds. The second-order valence-electron chi connectivity index (χ2n) is 8.53. The van der Waals surface area contributed by atoms with Crippen molar-refractivity contribution in [3.63, 3.8) is 0 Å². The van der Waals surface area contributed by atoms with E-state index in [-0.39, 0.29) is 5.91 Å². The average molecular weight is 421 g/mol. The molecule has 0 aliphatic carbocycles. The van der Waals surface area contributed by atoms with E-state index in [1.54, 1.807) is 16.4 Å². The van der Waals surface area contributed by atoms with E-state index in [1.165, 1.54) is 21.2 Å². The Labute approximate surface area is 182 Å². The minimum Gasteiger partial charge on any atom is -0.353 e. The van der Waals surface area contributed by atoms with Crippen LogP contribution in [0.2, 0.25) is 0 Å². The van der Waals surface area contributed by atoms with Gasteiger partial charge in [-0.05, 0) is 53.2 Å². The number of carbonyl (C=O) groups is 1. The zero-order chi connectivity index (χ0) is 20.7. The third-order valence-corrected chi connectivity index (χ3v) is 7.40. The van der Waals surface area contributed by atoms with E-state index in [0.29, 0.717) is 12.3 Å². The molecule has 2 aliphatic heterocycles. The quantitative estimate of drug-likeness (QED) is 0.636. The third-order valence-electron chi connectivity index (χ3n) is 6.59. The summed E-state index contributed by atoms with van der Waals surface area (Å²) in [5, 5.41) is 1.28. The molecule has 1 fully saturated rings. The first kappa shape index (κ1) is 19.5. The monoisotopic (exact) mass is 420 g/mol. The van der Waals surface area contributed by atoms with Gasteiger partial charge < -0.3 is 9.80 Å². The maximum absolute atomic E-state index is 12.1. The van der Waals surface area contributed by atoms with Crippen LogP contribution in [-0.4, -0.2) is 55.0 Å². The summed E-state index contributed by atoms with van der Waals surface area (Å²) < 4.78 is 5.99. The first-order valence-corrected chi connectivity index (χ1v) is 11.6. The first-order valence-electron chi connectivity index (χ1n) is 10.8. The summed E-state index contributed by atoms with van der Waals surface area (Å²) in [5.74, 6) is 1.67. The average Bonchev–Trinajstić information content (AvgIpc) is 3.21. The third kappa shape index (κ3) is 3.59. The molecule has 5 rings (SSSR count). The van der Waals surface area contributed by atoms with Crippen LogP contribution < -0.4 is 9.80 Å². The molecule has 0 spiro atoms. The Bertz CT molecular complexity index is 1070. The van der Waals surface area contributed by atoms with Gasteiger partial charge in [0.05, 0.1) is 4.70 Å². The van der Waals surface area contributed by atoms with E-state index in [2.05, 4.69) is 59.2 Å². The van der Waals surface area contributed by atoms with Gasteiger partial charge in [-0.15, -0.1) is 0 Å². The highest BCUT2D eigenvalue weighted by Gasteiger charge is 2.26. The lowest BCUT2D eigenvalue weighted by molar-refractivity contribution is -0.119. The van der Waals surface area contributed by atoms with E-state index < -0.39 is 0 Å². The minimum absolute atomic E-state index is 0.216. The molecule has 5 nitrogen and oxygen atoms in total. The van der Waals surface area contributed by atoms with E-state index in [9.17, 15) is 4.79 Å². The summed E-state index contributed by atoms with van der Waals surface area (Å²) >= 11 is 1.60. The minimum atomic E-state index is 0.216. The summed E-state index contributed by atoms with van der Waals surface area (Å²) in [5.41, 5.74) is 3.76. The zero-order valence-electron chi connectivity index (χ0n) is 17.7. The predicted molar refractivity (Wildman–Crippen MR) is 125 cm³/mol. The number of benzene rings is 2. The standard InChI is InChI=1S/C24H28N4OS/c1-17-15-23(29)26(2)21-8-7-18(16-20(17)21)9-10-27-11-13-28(14-12-27)24-19-5-3-4-6-22(19)30-25-24/h3-8,16-17H,9-15H2,1-2H3. The highest BCUT2D eigenvalue weighted by molar-refractivity contribution is 7.13. The van der Waals surface area contributed by atoms with Gasteiger partial charge in [0.2, 0.25) is 5.91 Å². The van der Waals surface area contributed by atoms with Crippen molar-refractivity contribution in [1.29, 1.82) is 0 Å². The SMILES string of the molecule is CC1CC(=O)N(C)c2ccc(CCN3CCN(c4nsc5ccccc45)CC3)cc21. The van der Waals surface area contributed by atoms with Crippen molar-refractivity contribution in [2.75, 3.05) is 49.6 Å². The second kappa shape index (κ2) is 8.00. The number of rotatable bonds is 4. The van der Waals surface area contributed by atoms with Gasteiger partial charge in [0.25, 0.3) is 0 Å². The number of hydrogen-bond donors (Lipinski definition) is 0. The van der Waals surface area contributed by atoms with Gasteiger partial charge >= 0.3 is 0 Å². The molecule has 30 heavy (non-hydrogen) atoms. The molecule has 2 aliphatic rings. The number of amides is 1. The van der Waals surface area contributed by atoms with Gasteiger partial charge in [-0.3, -0.25) is 9.69 Å². The highest BCUT2D eigenvalue weighted by atomic mass is 32.1. The van der Waals surface area contributed by atoms with Crippen LogP contribution in [0.3, 0.4) is 0 Å². The fourth-order valence-corrected chi connectivity index (χ4v) is 5.47. The van der Waals surface area contributed by atoms with Crippen LogP contribution in [0.15, 0.2) is 42.5 Å². The Kier molecular flexibility index (Phi) is 5.21. The van der Waals surface area contributed by atoms with Crippen molar-refractivity contribution in [1.82, 2.24) is 9.27 Å². The maximum Gasteiger partial charge on any atom is 0.227 e. The number of piperazine rings is 1. The lowest BCUT2D eigenvalue weighted by atomic mass is 9.89. The molecule has 0 saturated carbocycles. The van der Waals surface area contributed by atoms with Crippen molar-refractivity contribution in [3.05, 3.63) is 53.6 Å². The van der Waals surface area contributed by atoms with Crippen molar-refractivity contribution in [2.24, 2.45) is 0 Å². The van der Waals surface area contributed by atoms with Crippen molar-refractivity contribution in [2.45, 2.75) is 25.7 Å². The zero-order valence-corrected chi connectivity index (χ0v) is 18.5. The summed E-state index contributed by atoms with van der Waals surface area (Å²) in [7, 11) is 1.89. The smallest absolute Gasteiger partial charge is 0.227 e. The molecule has 0 radical (unpaired) electrons. The second-order valence-corrected chi connectivity index (χ2v) is 9.34. The summed E-state index contributed by atoms with van der Waals surface area (Å²) in [6.07, 6.45) is 1.66. The number of aromatic nitrogens is 1. The number of nitrogens with zero attached hydrogens (tertiary/aromatic N) is 4.